The predicted octanol–water partition coefficient (Wildman–Crippen LogP) is 5.20. The molecule has 0 saturated heterocycles. The zero-order chi connectivity index (χ0) is 20.9. The molecule has 0 aliphatic heterocycles. The fourth-order valence-electron chi connectivity index (χ4n) is 2.60. The zero-order valence-corrected chi connectivity index (χ0v) is 17.7. The number of halogens is 1. The van der Waals surface area contributed by atoms with Crippen molar-refractivity contribution in [1.82, 2.24) is 10.2 Å². The summed E-state index contributed by atoms with van der Waals surface area (Å²) in [7, 11) is 1.78. The maximum atomic E-state index is 12.8. The van der Waals surface area contributed by atoms with Gasteiger partial charge in [-0.3, -0.25) is 4.79 Å². The van der Waals surface area contributed by atoms with Crippen molar-refractivity contribution < 1.29 is 14.3 Å². The van der Waals surface area contributed by atoms with Crippen molar-refractivity contribution in [3.05, 3.63) is 70.2 Å². The van der Waals surface area contributed by atoms with Gasteiger partial charge in [0.2, 0.25) is 0 Å². The number of carbonyl (C=O) groups excluding carboxylic acids is 2. The summed E-state index contributed by atoms with van der Waals surface area (Å²) in [5.41, 5.74) is 1.95. The molecule has 0 aliphatic carbocycles. The molecule has 0 fully saturated rings. The number of carbonyl (C=O) groups is 2. The lowest BCUT2D eigenvalue weighted by atomic mass is 10.1. The normalized spacial score (nSPS) is 12.2. The molecular weight excluding hydrogens is 376 g/mol. The SMILES string of the molecule is CC(c1ccc(Cl)cc1)N(C)C(=O)c1ccc(CNC(=O)OC(C)(C)C)cc1. The first kappa shape index (κ1) is 21.8. The lowest BCUT2D eigenvalue weighted by Gasteiger charge is -2.25. The molecule has 0 saturated carbocycles. The van der Waals surface area contributed by atoms with Gasteiger partial charge >= 0.3 is 6.09 Å². The van der Waals surface area contributed by atoms with E-state index in [1.807, 2.05) is 64.1 Å². The standard InChI is InChI=1S/C22H27ClN2O3/c1-15(17-10-12-19(23)13-11-17)25(5)20(26)18-8-6-16(7-9-18)14-24-21(27)28-22(2,3)4/h6-13,15H,14H2,1-5H3,(H,24,27). The molecule has 5 nitrogen and oxygen atoms in total. The van der Waals surface area contributed by atoms with Crippen LogP contribution in [-0.4, -0.2) is 29.5 Å². The van der Waals surface area contributed by atoms with E-state index in [1.54, 1.807) is 24.1 Å². The Morgan fingerprint density at radius 2 is 1.64 bits per heavy atom. The number of nitrogens with zero attached hydrogens (tertiary/aromatic N) is 1. The van der Waals surface area contributed by atoms with E-state index >= 15 is 0 Å². The van der Waals surface area contributed by atoms with E-state index in [-0.39, 0.29) is 11.9 Å². The van der Waals surface area contributed by atoms with E-state index in [9.17, 15) is 9.59 Å². The Hall–Kier alpha value is -2.53. The van der Waals surface area contributed by atoms with Crippen molar-refractivity contribution in [1.29, 1.82) is 0 Å². The van der Waals surface area contributed by atoms with Crippen LogP contribution in [-0.2, 0) is 11.3 Å². The molecule has 2 amide bonds. The highest BCUT2D eigenvalue weighted by atomic mass is 35.5. The van der Waals surface area contributed by atoms with E-state index < -0.39 is 11.7 Å². The number of rotatable bonds is 5. The minimum absolute atomic E-state index is 0.0749. The van der Waals surface area contributed by atoms with Crippen molar-refractivity contribution in [2.24, 2.45) is 0 Å². The summed E-state index contributed by atoms with van der Waals surface area (Å²) in [5.74, 6) is -0.0749. The molecule has 0 aromatic heterocycles. The average molecular weight is 403 g/mol. The Labute approximate surface area is 171 Å². The molecule has 1 N–H and O–H groups in total. The first-order valence-electron chi connectivity index (χ1n) is 9.15. The highest BCUT2D eigenvalue weighted by Crippen LogP contribution is 2.22. The number of benzene rings is 2. The van der Waals surface area contributed by atoms with Crippen LogP contribution >= 0.6 is 11.6 Å². The topological polar surface area (TPSA) is 58.6 Å². The molecular formula is C22H27ClN2O3. The Bertz CT molecular complexity index is 811. The van der Waals surface area contributed by atoms with Crippen LogP contribution < -0.4 is 5.32 Å². The fraction of sp³-hybridized carbons (Fsp3) is 0.364. The van der Waals surface area contributed by atoms with Crippen LogP contribution in [0.3, 0.4) is 0 Å². The van der Waals surface area contributed by atoms with Crippen molar-refractivity contribution in [2.45, 2.75) is 45.9 Å². The van der Waals surface area contributed by atoms with Crippen molar-refractivity contribution in [3.63, 3.8) is 0 Å². The molecule has 6 heteroatoms. The van der Waals surface area contributed by atoms with Gasteiger partial charge in [0.1, 0.15) is 5.60 Å². The van der Waals surface area contributed by atoms with Crippen LogP contribution in [0.15, 0.2) is 48.5 Å². The smallest absolute Gasteiger partial charge is 0.407 e. The van der Waals surface area contributed by atoms with Gasteiger partial charge < -0.3 is 15.0 Å². The van der Waals surface area contributed by atoms with Gasteiger partial charge in [-0.2, -0.15) is 0 Å². The average Bonchev–Trinajstić information content (AvgIpc) is 2.64. The summed E-state index contributed by atoms with van der Waals surface area (Å²) in [4.78, 5) is 26.2. The molecule has 2 aromatic carbocycles. The van der Waals surface area contributed by atoms with Crippen molar-refractivity contribution >= 4 is 23.6 Å². The second-order valence-corrected chi connectivity index (χ2v) is 8.13. The van der Waals surface area contributed by atoms with Gasteiger partial charge in [0.05, 0.1) is 6.04 Å². The van der Waals surface area contributed by atoms with Gasteiger partial charge in [-0.25, -0.2) is 4.79 Å². The molecule has 1 atom stereocenters. The highest BCUT2D eigenvalue weighted by molar-refractivity contribution is 6.30. The summed E-state index contributed by atoms with van der Waals surface area (Å²) in [6.07, 6.45) is -0.468. The quantitative estimate of drug-likeness (QED) is 0.747. The second kappa shape index (κ2) is 9.11. The van der Waals surface area contributed by atoms with Gasteiger partial charge in [0, 0.05) is 24.2 Å². The number of ether oxygens (including phenoxy) is 1. The van der Waals surface area contributed by atoms with Crippen LogP contribution in [0.4, 0.5) is 4.79 Å². The molecule has 28 heavy (non-hydrogen) atoms. The van der Waals surface area contributed by atoms with Crippen molar-refractivity contribution in [3.8, 4) is 0 Å². The maximum Gasteiger partial charge on any atom is 0.407 e. The third-order valence-electron chi connectivity index (χ3n) is 4.29. The third kappa shape index (κ3) is 6.27. The van der Waals surface area contributed by atoms with Crippen LogP contribution in [0.1, 0.15) is 55.2 Å². The first-order valence-corrected chi connectivity index (χ1v) is 9.53. The lowest BCUT2D eigenvalue weighted by molar-refractivity contribution is 0.0523. The summed E-state index contributed by atoms with van der Waals surface area (Å²) >= 11 is 5.93. The summed E-state index contributed by atoms with van der Waals surface area (Å²) in [6, 6.07) is 14.6. The van der Waals surface area contributed by atoms with Gasteiger partial charge in [-0.05, 0) is 63.1 Å². The fourth-order valence-corrected chi connectivity index (χ4v) is 2.72. The Morgan fingerprint density at radius 1 is 1.07 bits per heavy atom. The first-order chi connectivity index (χ1) is 13.1. The minimum Gasteiger partial charge on any atom is -0.444 e. The Morgan fingerprint density at radius 3 is 2.18 bits per heavy atom. The van der Waals surface area contributed by atoms with Gasteiger partial charge in [0.25, 0.3) is 5.91 Å². The zero-order valence-electron chi connectivity index (χ0n) is 17.0. The molecule has 0 aliphatic rings. The van der Waals surface area contributed by atoms with Crippen LogP contribution in [0.25, 0.3) is 0 Å². The molecule has 2 aromatic rings. The minimum atomic E-state index is -0.536. The number of amides is 2. The monoisotopic (exact) mass is 402 g/mol. The Balaban J connectivity index is 1.97. The van der Waals surface area contributed by atoms with E-state index in [4.69, 9.17) is 16.3 Å². The van der Waals surface area contributed by atoms with Gasteiger partial charge in [-0.1, -0.05) is 35.9 Å². The molecule has 0 bridgehead atoms. The predicted molar refractivity (Wildman–Crippen MR) is 111 cm³/mol. The molecule has 1 unspecified atom stereocenters. The number of hydrogen-bond acceptors (Lipinski definition) is 3. The number of nitrogens with one attached hydrogen (secondary N) is 1. The van der Waals surface area contributed by atoms with Crippen LogP contribution in [0.5, 0.6) is 0 Å². The number of alkyl carbamates (subject to hydrolysis) is 1. The highest BCUT2D eigenvalue weighted by Gasteiger charge is 2.19. The van der Waals surface area contributed by atoms with Gasteiger partial charge in [-0.15, -0.1) is 0 Å². The summed E-state index contributed by atoms with van der Waals surface area (Å²) in [5, 5.41) is 3.37. The molecule has 0 spiro atoms. The van der Waals surface area contributed by atoms with E-state index in [0.717, 1.165) is 11.1 Å². The molecule has 2 rings (SSSR count). The maximum absolute atomic E-state index is 12.8. The third-order valence-corrected chi connectivity index (χ3v) is 4.54. The van der Waals surface area contributed by atoms with E-state index in [2.05, 4.69) is 5.32 Å². The van der Waals surface area contributed by atoms with Crippen LogP contribution in [0.2, 0.25) is 5.02 Å². The van der Waals surface area contributed by atoms with E-state index in [0.29, 0.717) is 17.1 Å². The van der Waals surface area contributed by atoms with Crippen LogP contribution in [0, 0.1) is 0 Å². The van der Waals surface area contributed by atoms with Gasteiger partial charge in [0.15, 0.2) is 0 Å². The summed E-state index contributed by atoms with van der Waals surface area (Å²) in [6.45, 7) is 7.75. The summed E-state index contributed by atoms with van der Waals surface area (Å²) < 4.78 is 5.21. The van der Waals surface area contributed by atoms with Crippen molar-refractivity contribution in [2.75, 3.05) is 7.05 Å². The Kier molecular flexibility index (Phi) is 7.08. The second-order valence-electron chi connectivity index (χ2n) is 7.70. The molecule has 0 heterocycles. The molecule has 0 radical (unpaired) electrons. The van der Waals surface area contributed by atoms with E-state index in [1.165, 1.54) is 0 Å². The number of hydrogen-bond donors (Lipinski definition) is 1. The largest absolute Gasteiger partial charge is 0.444 e. The lowest BCUT2D eigenvalue weighted by Crippen LogP contribution is -2.32. The molecule has 150 valence electrons.